The predicted molar refractivity (Wildman–Crippen MR) is 113 cm³/mol. The van der Waals surface area contributed by atoms with Gasteiger partial charge in [-0.1, -0.05) is 48.5 Å². The highest BCUT2D eigenvalue weighted by Crippen LogP contribution is 2.36. The van der Waals surface area contributed by atoms with Gasteiger partial charge in [0.25, 0.3) is 0 Å². The van der Waals surface area contributed by atoms with Gasteiger partial charge in [-0.25, -0.2) is 0 Å². The Morgan fingerprint density at radius 3 is 2.46 bits per heavy atom. The van der Waals surface area contributed by atoms with Crippen molar-refractivity contribution in [2.75, 3.05) is 18.5 Å². The SMILES string of the molecule is CC(Sc1ccc2c(c1)OCCO2)C(=O)Nc1ccccc1-c1ccccc1. The molecule has 1 N–H and O–H groups in total. The summed E-state index contributed by atoms with van der Waals surface area (Å²) in [5.41, 5.74) is 2.90. The van der Waals surface area contributed by atoms with Crippen LogP contribution < -0.4 is 14.8 Å². The molecule has 0 radical (unpaired) electrons. The number of rotatable bonds is 5. The number of para-hydroxylation sites is 1. The Labute approximate surface area is 168 Å². The molecular formula is C23H21NO3S. The van der Waals surface area contributed by atoms with E-state index in [1.807, 2.05) is 79.7 Å². The van der Waals surface area contributed by atoms with Gasteiger partial charge < -0.3 is 14.8 Å². The summed E-state index contributed by atoms with van der Waals surface area (Å²) in [7, 11) is 0. The van der Waals surface area contributed by atoms with E-state index in [2.05, 4.69) is 5.32 Å². The Morgan fingerprint density at radius 1 is 0.929 bits per heavy atom. The van der Waals surface area contributed by atoms with E-state index >= 15 is 0 Å². The van der Waals surface area contributed by atoms with Gasteiger partial charge in [0.15, 0.2) is 11.5 Å². The highest BCUT2D eigenvalue weighted by atomic mass is 32.2. The summed E-state index contributed by atoms with van der Waals surface area (Å²) >= 11 is 1.50. The zero-order chi connectivity index (χ0) is 19.3. The number of carbonyl (C=O) groups is 1. The largest absolute Gasteiger partial charge is 0.486 e. The zero-order valence-corrected chi connectivity index (χ0v) is 16.4. The average Bonchev–Trinajstić information content (AvgIpc) is 2.74. The van der Waals surface area contributed by atoms with Gasteiger partial charge in [0, 0.05) is 16.1 Å². The Morgan fingerprint density at radius 2 is 1.64 bits per heavy atom. The molecule has 1 unspecified atom stereocenters. The Bertz CT molecular complexity index is 975. The molecule has 3 aromatic rings. The van der Waals surface area contributed by atoms with Gasteiger partial charge >= 0.3 is 0 Å². The van der Waals surface area contributed by atoms with E-state index in [0.29, 0.717) is 13.2 Å². The number of amides is 1. The third-order valence-electron chi connectivity index (χ3n) is 4.47. The van der Waals surface area contributed by atoms with Crippen LogP contribution in [-0.4, -0.2) is 24.4 Å². The van der Waals surface area contributed by atoms with Crippen molar-refractivity contribution in [2.45, 2.75) is 17.1 Å². The van der Waals surface area contributed by atoms with Crippen molar-refractivity contribution in [1.29, 1.82) is 0 Å². The van der Waals surface area contributed by atoms with E-state index in [0.717, 1.165) is 33.2 Å². The van der Waals surface area contributed by atoms with Crippen LogP contribution in [0.2, 0.25) is 0 Å². The second-order valence-corrected chi connectivity index (χ2v) is 7.88. The number of carbonyl (C=O) groups excluding carboxylic acids is 1. The molecule has 28 heavy (non-hydrogen) atoms. The number of hydrogen-bond acceptors (Lipinski definition) is 4. The van der Waals surface area contributed by atoms with Crippen LogP contribution in [0.5, 0.6) is 11.5 Å². The van der Waals surface area contributed by atoms with Crippen molar-refractivity contribution in [3.8, 4) is 22.6 Å². The van der Waals surface area contributed by atoms with E-state index in [1.54, 1.807) is 0 Å². The van der Waals surface area contributed by atoms with Crippen molar-refractivity contribution in [2.24, 2.45) is 0 Å². The van der Waals surface area contributed by atoms with E-state index in [1.165, 1.54) is 11.8 Å². The summed E-state index contributed by atoms with van der Waals surface area (Å²) in [6.45, 7) is 3.02. The number of anilines is 1. The second-order valence-electron chi connectivity index (χ2n) is 6.47. The summed E-state index contributed by atoms with van der Waals surface area (Å²) in [4.78, 5) is 13.8. The van der Waals surface area contributed by atoms with Crippen LogP contribution in [0.25, 0.3) is 11.1 Å². The third kappa shape index (κ3) is 4.15. The maximum Gasteiger partial charge on any atom is 0.237 e. The van der Waals surface area contributed by atoms with Gasteiger partial charge in [-0.15, -0.1) is 11.8 Å². The standard InChI is InChI=1S/C23H21NO3S/c1-16(28-18-11-12-21-22(15-18)27-14-13-26-21)23(25)24-20-10-6-5-9-19(20)17-7-3-2-4-8-17/h2-12,15-16H,13-14H2,1H3,(H,24,25). The van der Waals surface area contributed by atoms with Gasteiger partial charge in [0.2, 0.25) is 5.91 Å². The predicted octanol–water partition coefficient (Wildman–Crippen LogP) is 5.24. The fourth-order valence-corrected chi connectivity index (χ4v) is 3.95. The molecule has 1 amide bonds. The fourth-order valence-electron chi connectivity index (χ4n) is 3.05. The van der Waals surface area contributed by atoms with Gasteiger partial charge in [0.05, 0.1) is 5.25 Å². The summed E-state index contributed by atoms with van der Waals surface area (Å²) in [6.07, 6.45) is 0. The molecule has 0 fully saturated rings. The topological polar surface area (TPSA) is 47.6 Å². The Kier molecular flexibility index (Phi) is 5.53. The molecule has 3 aromatic carbocycles. The molecule has 0 aromatic heterocycles. The highest BCUT2D eigenvalue weighted by molar-refractivity contribution is 8.00. The maximum atomic E-state index is 12.8. The van der Waals surface area contributed by atoms with Crippen LogP contribution in [0, 0.1) is 0 Å². The molecular weight excluding hydrogens is 370 g/mol. The van der Waals surface area contributed by atoms with Gasteiger partial charge in [-0.05, 0) is 36.8 Å². The lowest BCUT2D eigenvalue weighted by molar-refractivity contribution is -0.115. The van der Waals surface area contributed by atoms with Crippen LogP contribution in [0.3, 0.4) is 0 Å². The molecule has 0 bridgehead atoms. The zero-order valence-electron chi connectivity index (χ0n) is 15.6. The van der Waals surface area contributed by atoms with E-state index in [9.17, 15) is 4.79 Å². The average molecular weight is 391 g/mol. The van der Waals surface area contributed by atoms with E-state index in [-0.39, 0.29) is 11.2 Å². The molecule has 5 heteroatoms. The molecule has 142 valence electrons. The molecule has 0 aliphatic carbocycles. The van der Waals surface area contributed by atoms with Crippen LogP contribution in [0.4, 0.5) is 5.69 Å². The van der Waals surface area contributed by atoms with Crippen LogP contribution in [-0.2, 0) is 4.79 Å². The molecule has 4 nitrogen and oxygen atoms in total. The summed E-state index contributed by atoms with van der Waals surface area (Å²) in [6, 6.07) is 23.7. The third-order valence-corrected chi connectivity index (χ3v) is 5.56. The quantitative estimate of drug-likeness (QED) is 0.604. The fraction of sp³-hybridized carbons (Fsp3) is 0.174. The normalized spacial score (nSPS) is 13.6. The first-order valence-electron chi connectivity index (χ1n) is 9.22. The number of fused-ring (bicyclic) bond motifs is 1. The van der Waals surface area contributed by atoms with Gasteiger partial charge in [-0.2, -0.15) is 0 Å². The molecule has 4 rings (SSSR count). The first-order valence-corrected chi connectivity index (χ1v) is 10.1. The summed E-state index contributed by atoms with van der Waals surface area (Å²) in [5.74, 6) is 1.45. The number of hydrogen-bond donors (Lipinski definition) is 1. The number of thioether (sulfide) groups is 1. The number of ether oxygens (including phenoxy) is 2. The molecule has 0 saturated heterocycles. The monoisotopic (exact) mass is 391 g/mol. The molecule has 1 aliphatic rings. The lowest BCUT2D eigenvalue weighted by atomic mass is 10.0. The van der Waals surface area contributed by atoms with Crippen LogP contribution in [0.15, 0.2) is 77.7 Å². The summed E-state index contributed by atoms with van der Waals surface area (Å²) in [5, 5.41) is 2.82. The minimum absolute atomic E-state index is 0.0386. The van der Waals surface area contributed by atoms with Crippen molar-refractivity contribution >= 4 is 23.4 Å². The van der Waals surface area contributed by atoms with E-state index in [4.69, 9.17) is 9.47 Å². The van der Waals surface area contributed by atoms with Crippen LogP contribution in [0.1, 0.15) is 6.92 Å². The lowest BCUT2D eigenvalue weighted by Gasteiger charge is -2.19. The van der Waals surface area contributed by atoms with Crippen molar-refractivity contribution in [3.05, 3.63) is 72.8 Å². The van der Waals surface area contributed by atoms with Crippen molar-refractivity contribution in [3.63, 3.8) is 0 Å². The molecule has 0 spiro atoms. The van der Waals surface area contributed by atoms with Gasteiger partial charge in [-0.3, -0.25) is 4.79 Å². The van der Waals surface area contributed by atoms with Crippen LogP contribution >= 0.6 is 11.8 Å². The first kappa shape index (κ1) is 18.4. The summed E-state index contributed by atoms with van der Waals surface area (Å²) < 4.78 is 11.2. The Balaban J connectivity index is 1.47. The lowest BCUT2D eigenvalue weighted by Crippen LogP contribution is -2.22. The Hall–Kier alpha value is -2.92. The highest BCUT2D eigenvalue weighted by Gasteiger charge is 2.18. The smallest absolute Gasteiger partial charge is 0.237 e. The number of benzene rings is 3. The van der Waals surface area contributed by atoms with Crippen molar-refractivity contribution < 1.29 is 14.3 Å². The maximum absolute atomic E-state index is 12.8. The molecule has 1 heterocycles. The minimum atomic E-state index is -0.258. The van der Waals surface area contributed by atoms with Crippen molar-refractivity contribution in [1.82, 2.24) is 0 Å². The van der Waals surface area contributed by atoms with E-state index < -0.39 is 0 Å². The van der Waals surface area contributed by atoms with Gasteiger partial charge in [0.1, 0.15) is 13.2 Å². The second kappa shape index (κ2) is 8.40. The minimum Gasteiger partial charge on any atom is -0.486 e. The number of nitrogens with one attached hydrogen (secondary N) is 1. The molecule has 1 aliphatic heterocycles. The molecule has 0 saturated carbocycles. The first-order chi connectivity index (χ1) is 13.7. The molecule has 1 atom stereocenters.